The summed E-state index contributed by atoms with van der Waals surface area (Å²) in [5.41, 5.74) is 1.54. The van der Waals surface area contributed by atoms with Crippen LogP contribution >= 0.6 is 0 Å². The monoisotopic (exact) mass is 278 g/mol. The molecule has 1 aromatic carbocycles. The summed E-state index contributed by atoms with van der Waals surface area (Å²) in [6.45, 7) is 4.86. The van der Waals surface area contributed by atoms with Gasteiger partial charge in [-0.3, -0.25) is 9.59 Å². The first-order valence-electron chi connectivity index (χ1n) is 6.82. The van der Waals surface area contributed by atoms with E-state index in [-0.39, 0.29) is 18.4 Å². The topological polar surface area (TPSA) is 69.6 Å². The maximum absolute atomic E-state index is 12.2. The predicted octanol–water partition coefficient (Wildman–Crippen LogP) is 1.17. The predicted molar refractivity (Wildman–Crippen MR) is 77.2 cm³/mol. The third-order valence-corrected chi connectivity index (χ3v) is 2.89. The molecule has 0 fully saturated rings. The molecule has 1 aromatic rings. The highest BCUT2D eigenvalue weighted by Crippen LogP contribution is 2.08. The second-order valence-electron chi connectivity index (χ2n) is 4.62. The van der Waals surface area contributed by atoms with Crippen LogP contribution in [-0.2, 0) is 11.3 Å². The Bertz CT molecular complexity index is 437. The SMILES string of the molecule is CCCN(CCO)C(=O)c1ccc(CNC(C)=O)cc1. The maximum Gasteiger partial charge on any atom is 0.253 e. The van der Waals surface area contributed by atoms with Crippen LogP contribution < -0.4 is 5.32 Å². The van der Waals surface area contributed by atoms with Crippen molar-refractivity contribution in [1.29, 1.82) is 0 Å². The summed E-state index contributed by atoms with van der Waals surface area (Å²) in [6.07, 6.45) is 0.854. The molecule has 0 saturated carbocycles. The van der Waals surface area contributed by atoms with Crippen LogP contribution in [0.4, 0.5) is 0 Å². The fraction of sp³-hybridized carbons (Fsp3) is 0.467. The third kappa shape index (κ3) is 5.01. The van der Waals surface area contributed by atoms with E-state index >= 15 is 0 Å². The molecule has 20 heavy (non-hydrogen) atoms. The van der Waals surface area contributed by atoms with Crippen molar-refractivity contribution in [3.63, 3.8) is 0 Å². The quantitative estimate of drug-likeness (QED) is 0.786. The van der Waals surface area contributed by atoms with Gasteiger partial charge in [-0.25, -0.2) is 0 Å². The molecule has 1 rings (SSSR count). The van der Waals surface area contributed by atoms with E-state index in [0.717, 1.165) is 12.0 Å². The van der Waals surface area contributed by atoms with Gasteiger partial charge in [0.05, 0.1) is 6.61 Å². The van der Waals surface area contributed by atoms with E-state index in [1.54, 1.807) is 17.0 Å². The number of rotatable bonds is 7. The molecule has 0 radical (unpaired) electrons. The Morgan fingerprint density at radius 3 is 2.35 bits per heavy atom. The van der Waals surface area contributed by atoms with Crippen molar-refractivity contribution in [2.75, 3.05) is 19.7 Å². The Labute approximate surface area is 119 Å². The van der Waals surface area contributed by atoms with E-state index in [1.807, 2.05) is 19.1 Å². The van der Waals surface area contributed by atoms with Crippen LogP contribution in [0.15, 0.2) is 24.3 Å². The molecular formula is C15H22N2O3. The van der Waals surface area contributed by atoms with Crippen LogP contribution in [0.1, 0.15) is 36.2 Å². The Morgan fingerprint density at radius 2 is 1.85 bits per heavy atom. The molecule has 0 bridgehead atoms. The minimum absolute atomic E-state index is 0.0354. The van der Waals surface area contributed by atoms with E-state index < -0.39 is 0 Å². The minimum Gasteiger partial charge on any atom is -0.395 e. The molecule has 5 nitrogen and oxygen atoms in total. The van der Waals surface area contributed by atoms with Crippen LogP contribution in [0.25, 0.3) is 0 Å². The first kappa shape index (κ1) is 16.2. The highest BCUT2D eigenvalue weighted by molar-refractivity contribution is 5.94. The molecule has 5 heteroatoms. The van der Waals surface area contributed by atoms with Crippen molar-refractivity contribution >= 4 is 11.8 Å². The lowest BCUT2D eigenvalue weighted by molar-refractivity contribution is -0.119. The zero-order valence-electron chi connectivity index (χ0n) is 12.1. The van der Waals surface area contributed by atoms with Crippen molar-refractivity contribution in [2.24, 2.45) is 0 Å². The lowest BCUT2D eigenvalue weighted by Gasteiger charge is -2.21. The summed E-state index contributed by atoms with van der Waals surface area (Å²) in [5.74, 6) is -0.158. The van der Waals surface area contributed by atoms with Gasteiger partial charge in [0, 0.05) is 32.1 Å². The van der Waals surface area contributed by atoms with Gasteiger partial charge in [0.15, 0.2) is 0 Å². The first-order chi connectivity index (χ1) is 9.58. The molecule has 110 valence electrons. The highest BCUT2D eigenvalue weighted by atomic mass is 16.3. The van der Waals surface area contributed by atoms with Crippen molar-refractivity contribution in [1.82, 2.24) is 10.2 Å². The molecule has 2 N–H and O–H groups in total. The number of nitrogens with one attached hydrogen (secondary N) is 1. The Kier molecular flexibility index (Phi) is 6.73. The molecule has 0 atom stereocenters. The van der Waals surface area contributed by atoms with E-state index in [9.17, 15) is 9.59 Å². The van der Waals surface area contributed by atoms with E-state index in [2.05, 4.69) is 5.32 Å². The molecule has 0 aliphatic heterocycles. The molecule has 0 spiro atoms. The van der Waals surface area contributed by atoms with Gasteiger partial charge in [0.1, 0.15) is 0 Å². The number of benzene rings is 1. The summed E-state index contributed by atoms with van der Waals surface area (Å²) >= 11 is 0. The van der Waals surface area contributed by atoms with Gasteiger partial charge in [0.2, 0.25) is 5.91 Å². The third-order valence-electron chi connectivity index (χ3n) is 2.89. The van der Waals surface area contributed by atoms with Gasteiger partial charge in [-0.15, -0.1) is 0 Å². The van der Waals surface area contributed by atoms with Gasteiger partial charge in [0.25, 0.3) is 5.91 Å². The van der Waals surface area contributed by atoms with E-state index in [1.165, 1.54) is 6.92 Å². The normalized spacial score (nSPS) is 10.2. The number of hydrogen-bond donors (Lipinski definition) is 2. The van der Waals surface area contributed by atoms with Crippen molar-refractivity contribution in [3.05, 3.63) is 35.4 Å². The van der Waals surface area contributed by atoms with Crippen LogP contribution in [-0.4, -0.2) is 41.5 Å². The van der Waals surface area contributed by atoms with Crippen molar-refractivity contribution in [2.45, 2.75) is 26.8 Å². The van der Waals surface area contributed by atoms with E-state index in [0.29, 0.717) is 25.2 Å². The van der Waals surface area contributed by atoms with Gasteiger partial charge in [-0.1, -0.05) is 19.1 Å². The molecule has 0 aromatic heterocycles. The largest absolute Gasteiger partial charge is 0.395 e. The second kappa shape index (κ2) is 8.32. The molecular weight excluding hydrogens is 256 g/mol. The maximum atomic E-state index is 12.2. The van der Waals surface area contributed by atoms with Gasteiger partial charge < -0.3 is 15.3 Å². The summed E-state index contributed by atoms with van der Waals surface area (Å²) in [4.78, 5) is 24.7. The Balaban J connectivity index is 2.70. The molecule has 0 aliphatic carbocycles. The molecule has 0 heterocycles. The average Bonchev–Trinajstić information content (AvgIpc) is 2.44. The Morgan fingerprint density at radius 1 is 1.20 bits per heavy atom. The Hall–Kier alpha value is -1.88. The van der Waals surface area contributed by atoms with Crippen molar-refractivity contribution < 1.29 is 14.7 Å². The van der Waals surface area contributed by atoms with Gasteiger partial charge in [-0.05, 0) is 24.1 Å². The van der Waals surface area contributed by atoms with Crippen LogP contribution in [0.3, 0.4) is 0 Å². The van der Waals surface area contributed by atoms with Gasteiger partial charge >= 0.3 is 0 Å². The van der Waals surface area contributed by atoms with Crippen molar-refractivity contribution in [3.8, 4) is 0 Å². The number of amides is 2. The number of carbonyl (C=O) groups excluding carboxylic acids is 2. The average molecular weight is 278 g/mol. The first-order valence-corrected chi connectivity index (χ1v) is 6.82. The zero-order valence-corrected chi connectivity index (χ0v) is 12.1. The fourth-order valence-corrected chi connectivity index (χ4v) is 1.88. The smallest absolute Gasteiger partial charge is 0.253 e. The zero-order chi connectivity index (χ0) is 15.0. The molecule has 2 amide bonds. The summed E-state index contributed by atoms with van der Waals surface area (Å²) in [7, 11) is 0. The second-order valence-corrected chi connectivity index (χ2v) is 4.62. The lowest BCUT2D eigenvalue weighted by Crippen LogP contribution is -2.34. The number of carbonyl (C=O) groups is 2. The van der Waals surface area contributed by atoms with Crippen LogP contribution in [0.2, 0.25) is 0 Å². The van der Waals surface area contributed by atoms with Gasteiger partial charge in [-0.2, -0.15) is 0 Å². The molecule has 0 unspecified atom stereocenters. The minimum atomic E-state index is -0.0813. The lowest BCUT2D eigenvalue weighted by atomic mass is 10.1. The summed E-state index contributed by atoms with van der Waals surface area (Å²) < 4.78 is 0. The van der Waals surface area contributed by atoms with Crippen LogP contribution in [0.5, 0.6) is 0 Å². The number of aliphatic hydroxyl groups excluding tert-OH is 1. The fourth-order valence-electron chi connectivity index (χ4n) is 1.88. The number of nitrogens with zero attached hydrogens (tertiary/aromatic N) is 1. The van der Waals surface area contributed by atoms with Crippen LogP contribution in [0, 0.1) is 0 Å². The molecule has 0 saturated heterocycles. The highest BCUT2D eigenvalue weighted by Gasteiger charge is 2.14. The standard InChI is InChI=1S/C15H22N2O3/c1-3-8-17(9-10-18)15(20)14-6-4-13(5-7-14)11-16-12(2)19/h4-7,18H,3,8-11H2,1-2H3,(H,16,19). The number of hydrogen-bond acceptors (Lipinski definition) is 3. The molecule has 0 aliphatic rings. The number of aliphatic hydroxyl groups is 1. The summed E-state index contributed by atoms with van der Waals surface area (Å²) in [5, 5.41) is 11.7. The van der Waals surface area contributed by atoms with E-state index in [4.69, 9.17) is 5.11 Å². The summed E-state index contributed by atoms with van der Waals surface area (Å²) in [6, 6.07) is 7.15.